The lowest BCUT2D eigenvalue weighted by atomic mass is 10.1. The molecule has 1 heterocycles. The quantitative estimate of drug-likeness (QED) is 0.386. The Balaban J connectivity index is 1.85. The Morgan fingerprint density at radius 3 is 2.66 bits per heavy atom. The van der Waals surface area contributed by atoms with Crippen LogP contribution >= 0.6 is 23.4 Å². The summed E-state index contributed by atoms with van der Waals surface area (Å²) < 4.78 is 24.2. The number of hydrogen-bond acceptors (Lipinski definition) is 6. The summed E-state index contributed by atoms with van der Waals surface area (Å²) in [6.45, 7) is 1.01. The normalized spacial score (nSPS) is 15.2. The first-order valence-electron chi connectivity index (χ1n) is 8.35. The SMILES string of the molecule is COc1cc(/C=C2\SC(=O)N(Cc3c(F)cccc3Cl)C2=O)ccc1OC(C)=O. The summed E-state index contributed by atoms with van der Waals surface area (Å²) in [6, 6.07) is 8.86. The first kappa shape index (κ1) is 20.9. The Morgan fingerprint density at radius 2 is 2.00 bits per heavy atom. The minimum Gasteiger partial charge on any atom is -0.493 e. The van der Waals surface area contributed by atoms with Crippen molar-refractivity contribution in [1.82, 2.24) is 4.90 Å². The summed E-state index contributed by atoms with van der Waals surface area (Å²) >= 11 is 6.74. The number of rotatable bonds is 5. The fourth-order valence-corrected chi connectivity index (χ4v) is 3.70. The van der Waals surface area contributed by atoms with E-state index >= 15 is 0 Å². The van der Waals surface area contributed by atoms with Crippen LogP contribution < -0.4 is 9.47 Å². The van der Waals surface area contributed by atoms with Crippen molar-refractivity contribution in [3.05, 3.63) is 63.3 Å². The van der Waals surface area contributed by atoms with Crippen molar-refractivity contribution in [2.75, 3.05) is 7.11 Å². The third-order valence-electron chi connectivity index (χ3n) is 3.99. The lowest BCUT2D eigenvalue weighted by molar-refractivity contribution is -0.132. The van der Waals surface area contributed by atoms with Crippen LogP contribution in [0.4, 0.5) is 9.18 Å². The molecule has 0 aromatic heterocycles. The van der Waals surface area contributed by atoms with Gasteiger partial charge in [0.25, 0.3) is 11.1 Å². The van der Waals surface area contributed by atoms with Crippen molar-refractivity contribution in [1.29, 1.82) is 0 Å². The maximum atomic E-state index is 14.0. The van der Waals surface area contributed by atoms with Crippen LogP contribution in [0.3, 0.4) is 0 Å². The Labute approximate surface area is 175 Å². The number of benzene rings is 2. The molecule has 0 bridgehead atoms. The molecule has 1 fully saturated rings. The number of hydrogen-bond donors (Lipinski definition) is 0. The van der Waals surface area contributed by atoms with Crippen LogP contribution in [0, 0.1) is 5.82 Å². The zero-order valence-electron chi connectivity index (χ0n) is 15.4. The Bertz CT molecular complexity index is 1020. The van der Waals surface area contributed by atoms with Crippen molar-refractivity contribution in [3.63, 3.8) is 0 Å². The van der Waals surface area contributed by atoms with Gasteiger partial charge in [0.15, 0.2) is 11.5 Å². The number of thioether (sulfide) groups is 1. The van der Waals surface area contributed by atoms with Gasteiger partial charge in [0.2, 0.25) is 0 Å². The van der Waals surface area contributed by atoms with Crippen LogP contribution in [-0.2, 0) is 16.1 Å². The van der Waals surface area contributed by atoms with Gasteiger partial charge in [0.1, 0.15) is 5.82 Å². The summed E-state index contributed by atoms with van der Waals surface area (Å²) in [7, 11) is 1.41. The van der Waals surface area contributed by atoms with Gasteiger partial charge in [-0.1, -0.05) is 23.7 Å². The van der Waals surface area contributed by atoms with Gasteiger partial charge in [-0.05, 0) is 47.7 Å². The van der Waals surface area contributed by atoms with E-state index in [0.29, 0.717) is 11.3 Å². The molecule has 2 aromatic carbocycles. The molecule has 6 nitrogen and oxygen atoms in total. The molecule has 0 spiro atoms. The average Bonchev–Trinajstić information content (AvgIpc) is 2.92. The van der Waals surface area contributed by atoms with Crippen LogP contribution in [0.15, 0.2) is 41.3 Å². The van der Waals surface area contributed by atoms with Crippen LogP contribution in [0.2, 0.25) is 5.02 Å². The molecule has 0 atom stereocenters. The fraction of sp³-hybridized carbons (Fsp3) is 0.150. The van der Waals surface area contributed by atoms with Gasteiger partial charge in [0.05, 0.1) is 18.6 Å². The second kappa shape index (κ2) is 8.67. The van der Waals surface area contributed by atoms with Crippen LogP contribution in [-0.4, -0.2) is 29.1 Å². The molecule has 1 saturated heterocycles. The molecule has 2 aromatic rings. The van der Waals surface area contributed by atoms with E-state index < -0.39 is 22.9 Å². The van der Waals surface area contributed by atoms with Crippen molar-refractivity contribution in [2.45, 2.75) is 13.5 Å². The van der Waals surface area contributed by atoms with Gasteiger partial charge in [-0.15, -0.1) is 0 Å². The van der Waals surface area contributed by atoms with Crippen LogP contribution in [0.1, 0.15) is 18.1 Å². The van der Waals surface area contributed by atoms with Gasteiger partial charge in [-0.25, -0.2) is 4.39 Å². The lowest BCUT2D eigenvalue weighted by Gasteiger charge is -2.14. The van der Waals surface area contributed by atoms with Gasteiger partial charge >= 0.3 is 5.97 Å². The van der Waals surface area contributed by atoms with E-state index in [0.717, 1.165) is 16.7 Å². The zero-order chi connectivity index (χ0) is 21.1. The number of imide groups is 1. The highest BCUT2D eigenvalue weighted by Gasteiger charge is 2.36. The van der Waals surface area contributed by atoms with E-state index in [1.165, 1.54) is 44.4 Å². The Kier molecular flexibility index (Phi) is 6.24. The van der Waals surface area contributed by atoms with E-state index in [9.17, 15) is 18.8 Å². The molecule has 150 valence electrons. The number of methoxy groups -OCH3 is 1. The Hall–Kier alpha value is -2.84. The van der Waals surface area contributed by atoms with Gasteiger partial charge < -0.3 is 9.47 Å². The van der Waals surface area contributed by atoms with E-state index in [1.807, 2.05) is 0 Å². The third kappa shape index (κ3) is 4.60. The number of ether oxygens (including phenoxy) is 2. The van der Waals surface area contributed by atoms with E-state index in [4.69, 9.17) is 21.1 Å². The number of carbonyl (C=O) groups excluding carboxylic acids is 3. The predicted molar refractivity (Wildman–Crippen MR) is 107 cm³/mol. The highest BCUT2D eigenvalue weighted by molar-refractivity contribution is 8.18. The number of amides is 2. The molecule has 0 N–H and O–H groups in total. The van der Waals surface area contributed by atoms with E-state index in [2.05, 4.69) is 0 Å². The highest BCUT2D eigenvalue weighted by atomic mass is 35.5. The largest absolute Gasteiger partial charge is 0.493 e. The maximum Gasteiger partial charge on any atom is 0.308 e. The second-order valence-corrected chi connectivity index (χ2v) is 7.37. The molecule has 3 rings (SSSR count). The highest BCUT2D eigenvalue weighted by Crippen LogP contribution is 2.36. The molecule has 0 unspecified atom stereocenters. The summed E-state index contributed by atoms with van der Waals surface area (Å²) in [5, 5.41) is -0.386. The first-order chi connectivity index (χ1) is 13.8. The number of esters is 1. The van der Waals surface area contributed by atoms with Gasteiger partial charge in [-0.3, -0.25) is 19.3 Å². The maximum absolute atomic E-state index is 14.0. The predicted octanol–water partition coefficient (Wildman–Crippen LogP) is 4.65. The van der Waals surface area contributed by atoms with Crippen LogP contribution in [0.5, 0.6) is 11.5 Å². The fourth-order valence-electron chi connectivity index (χ4n) is 2.64. The topological polar surface area (TPSA) is 72.9 Å². The average molecular weight is 436 g/mol. The van der Waals surface area contributed by atoms with E-state index in [-0.39, 0.29) is 27.8 Å². The molecular formula is C20H15ClFNO5S. The lowest BCUT2D eigenvalue weighted by Crippen LogP contribution is -2.28. The van der Waals surface area contributed by atoms with E-state index in [1.54, 1.807) is 12.1 Å². The van der Waals surface area contributed by atoms with Crippen molar-refractivity contribution >= 4 is 46.6 Å². The Morgan fingerprint density at radius 1 is 1.24 bits per heavy atom. The first-order valence-corrected chi connectivity index (χ1v) is 9.54. The monoisotopic (exact) mass is 435 g/mol. The smallest absolute Gasteiger partial charge is 0.308 e. The number of carbonyl (C=O) groups is 3. The molecule has 29 heavy (non-hydrogen) atoms. The van der Waals surface area contributed by atoms with Crippen molar-refractivity contribution in [2.24, 2.45) is 0 Å². The minimum atomic E-state index is -0.591. The zero-order valence-corrected chi connectivity index (χ0v) is 17.0. The second-order valence-electron chi connectivity index (χ2n) is 5.97. The van der Waals surface area contributed by atoms with Gasteiger partial charge in [0, 0.05) is 17.5 Å². The summed E-state index contributed by atoms with van der Waals surface area (Å²) in [5.74, 6) is -1.11. The number of halogens is 2. The third-order valence-corrected chi connectivity index (χ3v) is 5.25. The summed E-state index contributed by atoms with van der Waals surface area (Å²) in [4.78, 5) is 37.2. The van der Waals surface area contributed by atoms with Gasteiger partial charge in [-0.2, -0.15) is 0 Å². The molecular weight excluding hydrogens is 421 g/mol. The van der Waals surface area contributed by atoms with Crippen molar-refractivity contribution in [3.8, 4) is 11.5 Å². The van der Waals surface area contributed by atoms with Crippen molar-refractivity contribution < 1.29 is 28.2 Å². The minimum absolute atomic E-state index is 0.0742. The standard InChI is InChI=1S/C20H15ClFNO5S/c1-11(24)28-16-7-6-12(8-17(16)27-2)9-18-19(25)23(20(26)29-18)10-13-14(21)4-3-5-15(13)22/h3-9H,10H2,1-2H3/b18-9-. The molecule has 1 aliphatic rings. The molecule has 0 aliphatic carbocycles. The number of nitrogens with zero attached hydrogens (tertiary/aromatic N) is 1. The summed E-state index contributed by atoms with van der Waals surface area (Å²) in [6.07, 6.45) is 1.51. The molecule has 0 saturated carbocycles. The molecule has 1 aliphatic heterocycles. The van der Waals surface area contributed by atoms with Crippen LogP contribution in [0.25, 0.3) is 6.08 Å². The molecule has 9 heteroatoms. The molecule has 0 radical (unpaired) electrons. The summed E-state index contributed by atoms with van der Waals surface area (Å²) in [5.41, 5.74) is 0.636. The molecule has 2 amide bonds.